The number of likely N-dealkylation sites (tertiary alicyclic amines) is 1. The lowest BCUT2D eigenvalue weighted by atomic mass is 9.99. The van der Waals surface area contributed by atoms with Gasteiger partial charge in [-0.15, -0.1) is 0 Å². The first-order chi connectivity index (χ1) is 6.79. The molecule has 1 rings (SSSR count). The van der Waals surface area contributed by atoms with Gasteiger partial charge in [-0.05, 0) is 27.2 Å². The number of rotatable bonds is 1. The number of amides is 1. The van der Waals surface area contributed by atoms with Crippen molar-refractivity contribution in [2.45, 2.75) is 44.9 Å². The molecule has 0 aliphatic carbocycles. The highest BCUT2D eigenvalue weighted by atomic mass is 19.1. The molecule has 0 spiro atoms. The summed E-state index contributed by atoms with van der Waals surface area (Å²) < 4.78 is 13.5. The van der Waals surface area contributed by atoms with Gasteiger partial charge >= 0.3 is 6.09 Å². The Bertz CT molecular complexity index is 240. The van der Waals surface area contributed by atoms with E-state index in [0.717, 1.165) is 0 Å². The Hall–Kier alpha value is -0.840. The lowest BCUT2D eigenvalue weighted by Crippen LogP contribution is -2.57. The summed E-state index contributed by atoms with van der Waals surface area (Å²) in [4.78, 5) is 12.0. The van der Waals surface area contributed by atoms with Crippen LogP contribution in [0.2, 0.25) is 0 Å². The third-order valence-electron chi connectivity index (χ3n) is 2.42. The molecule has 1 aliphatic heterocycles. The maximum absolute atomic E-state index is 13.5. The summed E-state index contributed by atoms with van der Waals surface area (Å²) in [5.74, 6) is 0. The van der Waals surface area contributed by atoms with Gasteiger partial charge in [0.25, 0.3) is 0 Å². The van der Waals surface area contributed by atoms with E-state index in [1.54, 1.807) is 0 Å². The fourth-order valence-electron chi connectivity index (χ4n) is 1.79. The Morgan fingerprint density at radius 3 is 2.60 bits per heavy atom. The molecular formula is C10H19FN2O2. The summed E-state index contributed by atoms with van der Waals surface area (Å²) in [5.41, 5.74) is -0.198. The number of hydrogen-bond acceptors (Lipinski definition) is 2. The van der Waals surface area contributed by atoms with Crippen LogP contribution in [0.3, 0.4) is 0 Å². The quantitative estimate of drug-likeness (QED) is 0.700. The van der Waals surface area contributed by atoms with E-state index in [0.29, 0.717) is 6.54 Å². The van der Waals surface area contributed by atoms with Gasteiger partial charge < -0.3 is 15.3 Å². The van der Waals surface area contributed by atoms with Gasteiger partial charge in [-0.3, -0.25) is 0 Å². The van der Waals surface area contributed by atoms with Crippen molar-refractivity contribution in [2.24, 2.45) is 0 Å². The Morgan fingerprint density at radius 1 is 1.53 bits per heavy atom. The predicted octanol–water partition coefficient (Wildman–Crippen LogP) is 1.46. The molecule has 1 saturated heterocycles. The zero-order valence-electron chi connectivity index (χ0n) is 9.46. The molecule has 0 unspecified atom stereocenters. The van der Waals surface area contributed by atoms with Crippen LogP contribution >= 0.6 is 0 Å². The van der Waals surface area contributed by atoms with Crippen molar-refractivity contribution in [1.82, 2.24) is 10.2 Å². The Kier molecular flexibility index (Phi) is 3.54. The van der Waals surface area contributed by atoms with Gasteiger partial charge in [0.1, 0.15) is 6.17 Å². The van der Waals surface area contributed by atoms with Crippen LogP contribution in [0.15, 0.2) is 0 Å². The second-order valence-electron chi connectivity index (χ2n) is 5.03. The van der Waals surface area contributed by atoms with Gasteiger partial charge in [-0.25, -0.2) is 9.18 Å². The molecule has 0 aromatic carbocycles. The van der Waals surface area contributed by atoms with E-state index in [1.165, 1.54) is 4.90 Å². The summed E-state index contributed by atoms with van der Waals surface area (Å²) in [6.45, 7) is 6.35. The van der Waals surface area contributed by atoms with Crippen molar-refractivity contribution in [3.63, 3.8) is 0 Å². The molecular weight excluding hydrogens is 199 g/mol. The van der Waals surface area contributed by atoms with E-state index in [-0.39, 0.29) is 18.5 Å². The number of hydrogen-bond donors (Lipinski definition) is 2. The van der Waals surface area contributed by atoms with E-state index in [2.05, 4.69) is 5.32 Å². The smallest absolute Gasteiger partial charge is 0.407 e. The number of nitrogens with zero attached hydrogens (tertiary/aromatic N) is 1. The molecule has 1 heterocycles. The molecule has 4 nitrogen and oxygen atoms in total. The molecule has 0 radical (unpaired) electrons. The molecule has 5 heteroatoms. The van der Waals surface area contributed by atoms with Gasteiger partial charge in [-0.1, -0.05) is 0 Å². The van der Waals surface area contributed by atoms with Crippen molar-refractivity contribution in [2.75, 3.05) is 13.1 Å². The lowest BCUT2D eigenvalue weighted by molar-refractivity contribution is 0.0838. The summed E-state index contributed by atoms with van der Waals surface area (Å²) in [7, 11) is 0. The van der Waals surface area contributed by atoms with E-state index < -0.39 is 18.3 Å². The summed E-state index contributed by atoms with van der Waals surface area (Å²) >= 11 is 0. The summed E-state index contributed by atoms with van der Waals surface area (Å²) in [5, 5.41) is 11.9. The summed E-state index contributed by atoms with van der Waals surface area (Å²) in [6, 6.07) is -0.394. The maximum Gasteiger partial charge on any atom is 0.407 e. The molecule has 1 aliphatic rings. The van der Waals surface area contributed by atoms with Gasteiger partial charge in [0.2, 0.25) is 0 Å². The van der Waals surface area contributed by atoms with Crippen molar-refractivity contribution in [1.29, 1.82) is 0 Å². The van der Waals surface area contributed by atoms with Crippen LogP contribution in [0.5, 0.6) is 0 Å². The van der Waals surface area contributed by atoms with E-state index >= 15 is 0 Å². The van der Waals surface area contributed by atoms with Crippen LogP contribution in [-0.2, 0) is 0 Å². The minimum Gasteiger partial charge on any atom is -0.465 e. The first-order valence-corrected chi connectivity index (χ1v) is 5.19. The highest BCUT2D eigenvalue weighted by Crippen LogP contribution is 2.17. The normalized spacial score (nSPS) is 27.9. The Morgan fingerprint density at radius 2 is 2.13 bits per heavy atom. The number of carboxylic acid groups (broad SMARTS) is 1. The number of carbonyl (C=O) groups is 1. The van der Waals surface area contributed by atoms with Crippen LogP contribution in [0, 0.1) is 0 Å². The van der Waals surface area contributed by atoms with E-state index in [9.17, 15) is 9.18 Å². The van der Waals surface area contributed by atoms with Gasteiger partial charge in [0.05, 0.1) is 6.04 Å². The molecule has 2 atom stereocenters. The monoisotopic (exact) mass is 218 g/mol. The van der Waals surface area contributed by atoms with Crippen LogP contribution in [0.4, 0.5) is 9.18 Å². The molecule has 0 bridgehead atoms. The molecule has 88 valence electrons. The average molecular weight is 218 g/mol. The highest BCUT2D eigenvalue weighted by molar-refractivity contribution is 5.65. The molecule has 2 N–H and O–H groups in total. The largest absolute Gasteiger partial charge is 0.465 e. The first kappa shape index (κ1) is 12.2. The summed E-state index contributed by atoms with van der Waals surface area (Å²) in [6.07, 6.45) is -1.65. The van der Waals surface area contributed by atoms with Crippen LogP contribution in [0.25, 0.3) is 0 Å². The van der Waals surface area contributed by atoms with Crippen molar-refractivity contribution in [3.8, 4) is 0 Å². The van der Waals surface area contributed by atoms with Gasteiger partial charge in [0, 0.05) is 18.6 Å². The number of piperidine rings is 1. The average Bonchev–Trinajstić information content (AvgIpc) is 2.06. The van der Waals surface area contributed by atoms with Crippen LogP contribution in [0.1, 0.15) is 27.2 Å². The van der Waals surface area contributed by atoms with Crippen molar-refractivity contribution < 1.29 is 14.3 Å². The predicted molar refractivity (Wildman–Crippen MR) is 55.8 cm³/mol. The fraction of sp³-hybridized carbons (Fsp3) is 0.900. The van der Waals surface area contributed by atoms with Crippen LogP contribution < -0.4 is 5.32 Å². The van der Waals surface area contributed by atoms with Gasteiger partial charge in [-0.2, -0.15) is 0 Å². The zero-order valence-corrected chi connectivity index (χ0v) is 9.46. The molecule has 15 heavy (non-hydrogen) atoms. The number of alkyl halides is 1. The fourth-order valence-corrected chi connectivity index (χ4v) is 1.79. The third kappa shape index (κ3) is 3.66. The SMILES string of the molecule is CC(C)(C)N[C@@H]1CN(C(=O)O)CC[C@H]1F. The number of halogens is 1. The molecule has 0 aromatic rings. The Balaban J connectivity index is 2.58. The minimum absolute atomic E-state index is 0.198. The lowest BCUT2D eigenvalue weighted by Gasteiger charge is -2.37. The Labute approximate surface area is 89.4 Å². The second-order valence-corrected chi connectivity index (χ2v) is 5.03. The van der Waals surface area contributed by atoms with E-state index in [1.807, 2.05) is 20.8 Å². The first-order valence-electron chi connectivity index (χ1n) is 5.19. The van der Waals surface area contributed by atoms with Crippen LogP contribution in [-0.4, -0.2) is 46.9 Å². The number of nitrogens with one attached hydrogen (secondary N) is 1. The molecule has 1 amide bonds. The van der Waals surface area contributed by atoms with E-state index in [4.69, 9.17) is 5.11 Å². The van der Waals surface area contributed by atoms with Gasteiger partial charge in [0.15, 0.2) is 0 Å². The highest BCUT2D eigenvalue weighted by Gasteiger charge is 2.33. The third-order valence-corrected chi connectivity index (χ3v) is 2.42. The topological polar surface area (TPSA) is 52.6 Å². The molecule has 1 fully saturated rings. The second kappa shape index (κ2) is 4.35. The van der Waals surface area contributed by atoms with Crippen molar-refractivity contribution in [3.05, 3.63) is 0 Å². The standard InChI is InChI=1S/C10H19FN2O2/c1-10(2,3)12-8-6-13(9(14)15)5-4-7(8)11/h7-8,12H,4-6H2,1-3H3,(H,14,15)/t7-,8-/m1/s1. The minimum atomic E-state index is -0.970. The molecule has 0 saturated carbocycles. The zero-order chi connectivity index (χ0) is 11.6. The maximum atomic E-state index is 13.5. The van der Waals surface area contributed by atoms with Crippen molar-refractivity contribution >= 4 is 6.09 Å². The molecule has 0 aromatic heterocycles.